The standard InChI is InChI=1S/C15H21N3O2/c1-10(2)8-12(16)15-17-14(18-20-15)9-11-6-4-5-7-13(11)19-3/h4-7,10,12H,8-9,16H2,1-3H3/t12-/m1/s1. The first kappa shape index (κ1) is 14.5. The van der Waals surface area contributed by atoms with Crippen LogP contribution in [0.2, 0.25) is 0 Å². The van der Waals surface area contributed by atoms with Crippen molar-refractivity contribution in [3.8, 4) is 5.75 Å². The van der Waals surface area contributed by atoms with Gasteiger partial charge in [0.15, 0.2) is 5.82 Å². The number of nitrogens with two attached hydrogens (primary N) is 1. The summed E-state index contributed by atoms with van der Waals surface area (Å²) in [5, 5.41) is 3.99. The van der Waals surface area contributed by atoms with E-state index in [2.05, 4.69) is 24.0 Å². The molecule has 0 aliphatic rings. The average molecular weight is 275 g/mol. The summed E-state index contributed by atoms with van der Waals surface area (Å²) in [6, 6.07) is 7.60. The summed E-state index contributed by atoms with van der Waals surface area (Å²) in [4.78, 5) is 4.38. The number of ether oxygens (including phenoxy) is 1. The molecular formula is C15H21N3O2. The Bertz CT molecular complexity index is 552. The predicted octanol–water partition coefficient (Wildman–Crippen LogP) is 2.71. The van der Waals surface area contributed by atoms with Gasteiger partial charge in [0.2, 0.25) is 5.89 Å². The fraction of sp³-hybridized carbons (Fsp3) is 0.467. The molecule has 1 aromatic heterocycles. The third-order valence-corrected chi connectivity index (χ3v) is 3.07. The van der Waals surface area contributed by atoms with Crippen LogP contribution in [0, 0.1) is 5.92 Å². The molecule has 0 spiro atoms. The van der Waals surface area contributed by atoms with Crippen LogP contribution in [0.4, 0.5) is 0 Å². The Hall–Kier alpha value is -1.88. The maximum Gasteiger partial charge on any atom is 0.243 e. The van der Waals surface area contributed by atoms with Crippen molar-refractivity contribution in [2.75, 3.05) is 7.11 Å². The summed E-state index contributed by atoms with van der Waals surface area (Å²) < 4.78 is 10.6. The fourth-order valence-corrected chi connectivity index (χ4v) is 2.12. The molecule has 0 aliphatic carbocycles. The van der Waals surface area contributed by atoms with Gasteiger partial charge >= 0.3 is 0 Å². The molecule has 5 nitrogen and oxygen atoms in total. The molecule has 0 bridgehead atoms. The highest BCUT2D eigenvalue weighted by Gasteiger charge is 2.16. The van der Waals surface area contributed by atoms with Crippen molar-refractivity contribution in [1.29, 1.82) is 0 Å². The Balaban J connectivity index is 2.09. The minimum absolute atomic E-state index is 0.200. The van der Waals surface area contributed by atoms with E-state index in [0.29, 0.717) is 24.1 Å². The number of hydrogen-bond donors (Lipinski definition) is 1. The topological polar surface area (TPSA) is 74.2 Å². The summed E-state index contributed by atoms with van der Waals surface area (Å²) >= 11 is 0. The van der Waals surface area contributed by atoms with Crippen LogP contribution in [0.15, 0.2) is 28.8 Å². The van der Waals surface area contributed by atoms with Crippen molar-refractivity contribution in [2.45, 2.75) is 32.7 Å². The zero-order chi connectivity index (χ0) is 14.5. The zero-order valence-corrected chi connectivity index (χ0v) is 12.2. The van der Waals surface area contributed by atoms with E-state index in [0.717, 1.165) is 17.7 Å². The summed E-state index contributed by atoms with van der Waals surface area (Å²) in [7, 11) is 1.65. The molecule has 2 rings (SSSR count). The van der Waals surface area contributed by atoms with Crippen molar-refractivity contribution in [3.63, 3.8) is 0 Å². The Labute approximate surface area is 119 Å². The minimum atomic E-state index is -0.200. The molecule has 0 saturated heterocycles. The molecule has 0 fully saturated rings. The van der Waals surface area contributed by atoms with Gasteiger partial charge in [-0.05, 0) is 18.4 Å². The Kier molecular flexibility index (Phi) is 4.74. The Morgan fingerprint density at radius 1 is 1.30 bits per heavy atom. The van der Waals surface area contributed by atoms with Crippen LogP contribution in [0.1, 0.15) is 43.6 Å². The molecule has 0 amide bonds. The number of benzene rings is 1. The monoisotopic (exact) mass is 275 g/mol. The van der Waals surface area contributed by atoms with Crippen LogP contribution >= 0.6 is 0 Å². The van der Waals surface area contributed by atoms with Gasteiger partial charge in [-0.15, -0.1) is 0 Å². The molecule has 108 valence electrons. The van der Waals surface area contributed by atoms with Crippen LogP contribution in [0.3, 0.4) is 0 Å². The molecule has 0 unspecified atom stereocenters. The average Bonchev–Trinajstić information content (AvgIpc) is 2.87. The van der Waals surface area contributed by atoms with E-state index in [-0.39, 0.29) is 6.04 Å². The molecule has 2 N–H and O–H groups in total. The van der Waals surface area contributed by atoms with Gasteiger partial charge in [0.05, 0.1) is 13.2 Å². The molecule has 1 heterocycles. The zero-order valence-electron chi connectivity index (χ0n) is 12.2. The normalized spacial score (nSPS) is 12.7. The van der Waals surface area contributed by atoms with Gasteiger partial charge in [0.1, 0.15) is 5.75 Å². The second-order valence-corrected chi connectivity index (χ2v) is 5.27. The van der Waals surface area contributed by atoms with Gasteiger partial charge in [-0.2, -0.15) is 4.98 Å². The lowest BCUT2D eigenvalue weighted by atomic mass is 10.0. The molecular weight excluding hydrogens is 254 g/mol. The molecule has 1 aromatic carbocycles. The summed E-state index contributed by atoms with van der Waals surface area (Å²) in [6.45, 7) is 4.23. The lowest BCUT2D eigenvalue weighted by Crippen LogP contribution is -2.13. The predicted molar refractivity (Wildman–Crippen MR) is 76.5 cm³/mol. The van der Waals surface area contributed by atoms with Crippen molar-refractivity contribution >= 4 is 0 Å². The number of rotatable bonds is 6. The molecule has 20 heavy (non-hydrogen) atoms. The fourth-order valence-electron chi connectivity index (χ4n) is 2.12. The number of methoxy groups -OCH3 is 1. The quantitative estimate of drug-likeness (QED) is 0.877. The van der Waals surface area contributed by atoms with Gasteiger partial charge in [-0.1, -0.05) is 37.2 Å². The van der Waals surface area contributed by atoms with Crippen molar-refractivity contribution in [1.82, 2.24) is 10.1 Å². The van der Waals surface area contributed by atoms with Gasteiger partial charge in [0.25, 0.3) is 0 Å². The maximum absolute atomic E-state index is 6.04. The maximum atomic E-state index is 6.04. The van der Waals surface area contributed by atoms with E-state index >= 15 is 0 Å². The number of aromatic nitrogens is 2. The first-order chi connectivity index (χ1) is 9.60. The molecule has 5 heteroatoms. The second-order valence-electron chi connectivity index (χ2n) is 5.27. The second kappa shape index (κ2) is 6.52. The molecule has 0 aliphatic heterocycles. The molecule has 2 aromatic rings. The van der Waals surface area contributed by atoms with Gasteiger partial charge in [-0.3, -0.25) is 0 Å². The van der Waals surface area contributed by atoms with Crippen LogP contribution < -0.4 is 10.5 Å². The number of nitrogens with zero attached hydrogens (tertiary/aromatic N) is 2. The third-order valence-electron chi connectivity index (χ3n) is 3.07. The SMILES string of the molecule is COc1ccccc1Cc1noc([C@H](N)CC(C)C)n1. The summed E-state index contributed by atoms with van der Waals surface area (Å²) in [6.07, 6.45) is 1.40. The van der Waals surface area contributed by atoms with Gasteiger partial charge in [0, 0.05) is 12.0 Å². The molecule has 0 saturated carbocycles. The highest BCUT2D eigenvalue weighted by Crippen LogP contribution is 2.21. The smallest absolute Gasteiger partial charge is 0.243 e. The van der Waals surface area contributed by atoms with Crippen molar-refractivity contribution < 1.29 is 9.26 Å². The van der Waals surface area contributed by atoms with E-state index < -0.39 is 0 Å². The largest absolute Gasteiger partial charge is 0.496 e. The van der Waals surface area contributed by atoms with E-state index in [1.54, 1.807) is 7.11 Å². The Morgan fingerprint density at radius 2 is 2.05 bits per heavy atom. The van der Waals surface area contributed by atoms with Crippen LogP contribution in [0.5, 0.6) is 5.75 Å². The lowest BCUT2D eigenvalue weighted by Gasteiger charge is -2.08. The van der Waals surface area contributed by atoms with E-state index in [1.807, 2.05) is 24.3 Å². The molecule has 0 radical (unpaired) electrons. The lowest BCUT2D eigenvalue weighted by molar-refractivity contribution is 0.332. The first-order valence-corrected chi connectivity index (χ1v) is 6.80. The molecule has 1 atom stereocenters. The van der Waals surface area contributed by atoms with Crippen molar-refractivity contribution in [2.24, 2.45) is 11.7 Å². The number of hydrogen-bond acceptors (Lipinski definition) is 5. The van der Waals surface area contributed by atoms with Gasteiger partial charge < -0.3 is 15.0 Å². The van der Waals surface area contributed by atoms with E-state index in [1.165, 1.54) is 0 Å². The van der Waals surface area contributed by atoms with Crippen molar-refractivity contribution in [3.05, 3.63) is 41.5 Å². The van der Waals surface area contributed by atoms with Crippen LogP contribution in [-0.4, -0.2) is 17.3 Å². The Morgan fingerprint density at radius 3 is 2.75 bits per heavy atom. The summed E-state index contributed by atoms with van der Waals surface area (Å²) in [5.41, 5.74) is 7.07. The van der Waals surface area contributed by atoms with Gasteiger partial charge in [-0.25, -0.2) is 0 Å². The van der Waals surface area contributed by atoms with E-state index in [4.69, 9.17) is 15.0 Å². The minimum Gasteiger partial charge on any atom is -0.496 e. The first-order valence-electron chi connectivity index (χ1n) is 6.80. The highest BCUT2D eigenvalue weighted by molar-refractivity contribution is 5.35. The third kappa shape index (κ3) is 3.57. The summed E-state index contributed by atoms with van der Waals surface area (Å²) in [5.74, 6) is 2.45. The van der Waals surface area contributed by atoms with Crippen LogP contribution in [-0.2, 0) is 6.42 Å². The van der Waals surface area contributed by atoms with E-state index in [9.17, 15) is 0 Å². The highest BCUT2D eigenvalue weighted by atomic mass is 16.5. The number of para-hydroxylation sites is 1. The van der Waals surface area contributed by atoms with Crippen LogP contribution in [0.25, 0.3) is 0 Å².